The number of unbranched alkanes of at least 4 members (excludes halogenated alkanes) is 13. The van der Waals surface area contributed by atoms with Crippen molar-refractivity contribution < 1.29 is 24.2 Å². The third-order valence-corrected chi connectivity index (χ3v) is 6.37. The molecule has 5 heteroatoms. The summed E-state index contributed by atoms with van der Waals surface area (Å²) in [6.07, 6.45) is 21.2. The van der Waals surface area contributed by atoms with Gasteiger partial charge in [0, 0.05) is 6.08 Å². The van der Waals surface area contributed by atoms with Crippen molar-refractivity contribution in [1.82, 2.24) is 0 Å². The van der Waals surface area contributed by atoms with Crippen LogP contribution in [0.25, 0.3) is 6.08 Å². The van der Waals surface area contributed by atoms with Gasteiger partial charge in [-0.3, -0.25) is 0 Å². The Morgan fingerprint density at radius 3 is 1.68 bits per heavy atom. The molecule has 2 aromatic rings. The standard InChI is InChI=1S/C32H44O5/c1-2-3-4-5-6-7-8-9-10-11-12-13-14-15-26-36-29-23-19-28(20-24-29)32(35)37-30-21-16-27(17-22-30)18-25-31(33)34/h16-25H,2-15,26H2,1H3,(H,33,34)/b25-18+. The smallest absolute Gasteiger partial charge is 0.343 e. The molecule has 0 saturated carbocycles. The van der Waals surface area contributed by atoms with E-state index in [1.807, 2.05) is 0 Å². The van der Waals surface area contributed by atoms with Crippen LogP contribution in [0.2, 0.25) is 0 Å². The van der Waals surface area contributed by atoms with Gasteiger partial charge in [-0.15, -0.1) is 0 Å². The number of carbonyl (C=O) groups excluding carboxylic acids is 1. The fourth-order valence-corrected chi connectivity index (χ4v) is 4.15. The molecule has 202 valence electrons. The third-order valence-electron chi connectivity index (χ3n) is 6.37. The van der Waals surface area contributed by atoms with Crippen molar-refractivity contribution in [2.45, 2.75) is 96.8 Å². The summed E-state index contributed by atoms with van der Waals surface area (Å²) in [4.78, 5) is 23.0. The molecule has 0 aliphatic heterocycles. The number of hydrogen-bond acceptors (Lipinski definition) is 4. The fraction of sp³-hybridized carbons (Fsp3) is 0.500. The zero-order valence-electron chi connectivity index (χ0n) is 22.5. The Kier molecular flexibility index (Phi) is 15.6. The van der Waals surface area contributed by atoms with Gasteiger partial charge in [-0.1, -0.05) is 103 Å². The van der Waals surface area contributed by atoms with Gasteiger partial charge in [0.15, 0.2) is 0 Å². The number of esters is 1. The van der Waals surface area contributed by atoms with Crippen LogP contribution in [-0.4, -0.2) is 23.7 Å². The van der Waals surface area contributed by atoms with Gasteiger partial charge in [0.25, 0.3) is 0 Å². The lowest BCUT2D eigenvalue weighted by Gasteiger charge is -2.08. The summed E-state index contributed by atoms with van der Waals surface area (Å²) >= 11 is 0. The second-order valence-corrected chi connectivity index (χ2v) is 9.60. The van der Waals surface area contributed by atoms with Gasteiger partial charge < -0.3 is 14.6 Å². The lowest BCUT2D eigenvalue weighted by atomic mass is 10.0. The Morgan fingerprint density at radius 1 is 0.676 bits per heavy atom. The largest absolute Gasteiger partial charge is 0.494 e. The SMILES string of the molecule is CCCCCCCCCCCCCCCCOc1ccc(C(=O)Oc2ccc(/C=C/C(=O)O)cc2)cc1. The van der Waals surface area contributed by atoms with Crippen molar-refractivity contribution in [1.29, 1.82) is 0 Å². The van der Waals surface area contributed by atoms with Crippen LogP contribution in [0.5, 0.6) is 11.5 Å². The van der Waals surface area contributed by atoms with E-state index in [1.165, 1.54) is 89.5 Å². The van der Waals surface area contributed by atoms with Gasteiger partial charge in [0.1, 0.15) is 11.5 Å². The lowest BCUT2D eigenvalue weighted by molar-refractivity contribution is -0.131. The Labute approximate surface area is 222 Å². The molecular weight excluding hydrogens is 464 g/mol. The van der Waals surface area contributed by atoms with Gasteiger partial charge in [-0.05, 0) is 54.5 Å². The molecular formula is C32H44O5. The van der Waals surface area contributed by atoms with E-state index in [2.05, 4.69) is 6.92 Å². The maximum atomic E-state index is 12.4. The number of aliphatic carboxylic acids is 1. The number of benzene rings is 2. The molecule has 0 aliphatic carbocycles. The van der Waals surface area contributed by atoms with Crippen LogP contribution in [0.1, 0.15) is 113 Å². The number of hydrogen-bond donors (Lipinski definition) is 1. The predicted octanol–water partition coefficient (Wildman–Crippen LogP) is 8.86. The summed E-state index contributed by atoms with van der Waals surface area (Å²) in [5.41, 5.74) is 1.15. The van der Waals surface area contributed by atoms with Crippen LogP contribution >= 0.6 is 0 Å². The van der Waals surface area contributed by atoms with Crippen molar-refractivity contribution >= 4 is 18.0 Å². The molecule has 0 aliphatic rings. The molecule has 0 amide bonds. The van der Waals surface area contributed by atoms with E-state index in [9.17, 15) is 9.59 Å². The second kappa shape index (κ2) is 19.1. The molecule has 0 fully saturated rings. The molecule has 5 nitrogen and oxygen atoms in total. The summed E-state index contributed by atoms with van der Waals surface area (Å²) in [6.45, 7) is 2.95. The first kappa shape index (κ1) is 30.1. The average molecular weight is 509 g/mol. The van der Waals surface area contributed by atoms with E-state index in [1.54, 1.807) is 48.5 Å². The molecule has 0 bridgehead atoms. The van der Waals surface area contributed by atoms with Gasteiger partial charge in [0.05, 0.1) is 12.2 Å². The minimum Gasteiger partial charge on any atom is -0.494 e. The fourth-order valence-electron chi connectivity index (χ4n) is 4.15. The van der Waals surface area contributed by atoms with Gasteiger partial charge >= 0.3 is 11.9 Å². The Hall–Kier alpha value is -3.08. The summed E-state index contributed by atoms with van der Waals surface area (Å²) in [6, 6.07) is 13.6. The minimum absolute atomic E-state index is 0.399. The Balaban J connectivity index is 1.51. The zero-order valence-corrected chi connectivity index (χ0v) is 22.5. The number of rotatable bonds is 20. The van der Waals surface area contributed by atoms with E-state index in [-0.39, 0.29) is 0 Å². The van der Waals surface area contributed by atoms with E-state index >= 15 is 0 Å². The number of carboxylic acid groups (broad SMARTS) is 1. The first-order chi connectivity index (χ1) is 18.1. The van der Waals surface area contributed by atoms with Gasteiger partial charge in [-0.25, -0.2) is 9.59 Å². The van der Waals surface area contributed by atoms with Crippen LogP contribution in [0.4, 0.5) is 0 Å². The summed E-state index contributed by atoms with van der Waals surface area (Å²) in [5.74, 6) is -0.314. The monoisotopic (exact) mass is 508 g/mol. The highest BCUT2D eigenvalue weighted by Crippen LogP contribution is 2.18. The molecule has 0 heterocycles. The molecule has 0 atom stereocenters. The molecule has 1 N–H and O–H groups in total. The number of ether oxygens (including phenoxy) is 2. The number of carbonyl (C=O) groups is 2. The highest BCUT2D eigenvalue weighted by molar-refractivity contribution is 5.91. The Bertz CT molecular complexity index is 915. The molecule has 37 heavy (non-hydrogen) atoms. The summed E-state index contributed by atoms with van der Waals surface area (Å²) in [5, 5.41) is 8.68. The van der Waals surface area contributed by atoms with Crippen molar-refractivity contribution in [2.75, 3.05) is 6.61 Å². The van der Waals surface area contributed by atoms with Gasteiger partial charge in [-0.2, -0.15) is 0 Å². The van der Waals surface area contributed by atoms with Crippen molar-refractivity contribution in [3.05, 3.63) is 65.7 Å². The molecule has 0 unspecified atom stereocenters. The van der Waals surface area contributed by atoms with Crippen molar-refractivity contribution in [3.8, 4) is 11.5 Å². The maximum Gasteiger partial charge on any atom is 0.343 e. The maximum absolute atomic E-state index is 12.4. The van der Waals surface area contributed by atoms with Crippen molar-refractivity contribution in [3.63, 3.8) is 0 Å². The minimum atomic E-state index is -1.01. The highest BCUT2D eigenvalue weighted by atomic mass is 16.5. The van der Waals surface area contributed by atoms with E-state index in [4.69, 9.17) is 14.6 Å². The van der Waals surface area contributed by atoms with Gasteiger partial charge in [0.2, 0.25) is 0 Å². The summed E-state index contributed by atoms with van der Waals surface area (Å²) in [7, 11) is 0. The lowest BCUT2D eigenvalue weighted by Crippen LogP contribution is -2.08. The first-order valence-corrected chi connectivity index (χ1v) is 14.0. The van der Waals surface area contributed by atoms with E-state index < -0.39 is 11.9 Å². The number of carboxylic acids is 1. The Morgan fingerprint density at radius 2 is 1.16 bits per heavy atom. The molecule has 0 aromatic heterocycles. The zero-order chi connectivity index (χ0) is 26.6. The van der Waals surface area contributed by atoms with E-state index in [0.717, 1.165) is 18.2 Å². The second-order valence-electron chi connectivity index (χ2n) is 9.60. The topological polar surface area (TPSA) is 72.8 Å². The molecule has 0 radical (unpaired) electrons. The molecule has 2 rings (SSSR count). The van der Waals surface area contributed by atoms with Crippen LogP contribution in [0, 0.1) is 0 Å². The average Bonchev–Trinajstić information content (AvgIpc) is 2.90. The van der Waals surface area contributed by atoms with Crippen LogP contribution in [0.15, 0.2) is 54.6 Å². The molecule has 2 aromatic carbocycles. The summed E-state index contributed by atoms with van der Waals surface area (Å²) < 4.78 is 11.2. The quantitative estimate of drug-likeness (QED) is 0.0837. The van der Waals surface area contributed by atoms with Crippen molar-refractivity contribution in [2.24, 2.45) is 0 Å². The third kappa shape index (κ3) is 14.3. The molecule has 0 spiro atoms. The van der Waals surface area contributed by atoms with Crippen LogP contribution in [0.3, 0.4) is 0 Å². The highest BCUT2D eigenvalue weighted by Gasteiger charge is 2.09. The van der Waals surface area contributed by atoms with E-state index in [0.29, 0.717) is 23.5 Å². The van der Waals surface area contributed by atoms with Crippen LogP contribution in [-0.2, 0) is 4.79 Å². The normalized spacial score (nSPS) is 11.1. The first-order valence-electron chi connectivity index (χ1n) is 14.0. The van der Waals surface area contributed by atoms with Crippen LogP contribution < -0.4 is 9.47 Å². The molecule has 0 saturated heterocycles. The predicted molar refractivity (Wildman–Crippen MR) is 150 cm³/mol.